The monoisotopic (exact) mass is 471 g/mol. The molecule has 0 saturated carbocycles. The maximum absolute atomic E-state index is 12.9. The Hall–Kier alpha value is -3.56. The number of benzene rings is 2. The maximum Gasteiger partial charge on any atom is 0.301 e. The van der Waals surface area contributed by atoms with Gasteiger partial charge in [0.25, 0.3) is 11.8 Å². The smallest absolute Gasteiger partial charge is 0.301 e. The molecule has 1 atom stereocenters. The first-order valence-electron chi connectivity index (χ1n) is 9.32. The number of aromatic nitrogens is 2. The predicted octanol–water partition coefficient (Wildman–Crippen LogP) is 4.22. The Balaban J connectivity index is 0.000000668. The summed E-state index contributed by atoms with van der Waals surface area (Å²) in [5, 5.41) is 27.7. The molecule has 8 nitrogen and oxygen atoms in total. The molecular formula is C22H18ClN3O5S. The number of aliphatic hydroxyl groups is 1. The van der Waals surface area contributed by atoms with Gasteiger partial charge in [-0.1, -0.05) is 65.4 Å². The average molecular weight is 472 g/mol. The van der Waals surface area contributed by atoms with Crippen LogP contribution < -0.4 is 4.90 Å². The third-order valence-electron chi connectivity index (χ3n) is 4.38. The number of Topliss-reactive ketones (excluding diaryl/α,β-unsaturated/α-hetero) is 1. The fraction of sp³-hybridized carbons (Fsp3) is 0.136. The summed E-state index contributed by atoms with van der Waals surface area (Å²) in [5.41, 5.74) is 1.03. The van der Waals surface area contributed by atoms with E-state index in [1.54, 1.807) is 61.5 Å². The van der Waals surface area contributed by atoms with Crippen LogP contribution in [0.4, 0.5) is 5.13 Å². The van der Waals surface area contributed by atoms with E-state index in [9.17, 15) is 14.7 Å². The summed E-state index contributed by atoms with van der Waals surface area (Å²) < 4.78 is 0. The van der Waals surface area contributed by atoms with E-state index in [-0.39, 0.29) is 16.5 Å². The molecule has 0 bridgehead atoms. The van der Waals surface area contributed by atoms with Gasteiger partial charge in [-0.25, -0.2) is 0 Å². The number of carbonyl (C=O) groups is 3. The molecule has 2 N–H and O–H groups in total. The number of nitrogens with zero attached hydrogens (tertiary/aromatic N) is 3. The van der Waals surface area contributed by atoms with Crippen LogP contribution in [0.3, 0.4) is 0 Å². The van der Waals surface area contributed by atoms with Crippen LogP contribution in [0.25, 0.3) is 5.76 Å². The average Bonchev–Trinajstić information content (AvgIpc) is 3.29. The first kappa shape index (κ1) is 23.1. The second-order valence-corrected chi connectivity index (χ2v) is 8.31. The molecule has 1 aromatic heterocycles. The van der Waals surface area contributed by atoms with Crippen LogP contribution in [0.5, 0.6) is 0 Å². The minimum Gasteiger partial charge on any atom is -0.507 e. The number of aryl methyl sites for hydroxylation is 1. The number of carbonyl (C=O) groups excluding carboxylic acids is 2. The normalized spacial score (nSPS) is 17.1. The molecule has 164 valence electrons. The van der Waals surface area contributed by atoms with Crippen LogP contribution in [0.15, 0.2) is 60.2 Å². The summed E-state index contributed by atoms with van der Waals surface area (Å²) in [4.78, 5) is 36.0. The highest BCUT2D eigenvalue weighted by Crippen LogP contribution is 2.43. The van der Waals surface area contributed by atoms with Crippen molar-refractivity contribution in [3.63, 3.8) is 0 Å². The molecule has 32 heavy (non-hydrogen) atoms. The SMILES string of the molecule is CC(=O)O.Cc1nnc(N2C(=O)C(=O)/C(=C(/O)c3ccccc3)C2c2cccc(Cl)c2)s1. The lowest BCUT2D eigenvalue weighted by Gasteiger charge is -2.22. The molecule has 1 aliphatic heterocycles. The quantitative estimate of drug-likeness (QED) is 0.333. The highest BCUT2D eigenvalue weighted by atomic mass is 35.5. The molecule has 3 aromatic rings. The van der Waals surface area contributed by atoms with Gasteiger partial charge in [0.2, 0.25) is 5.13 Å². The largest absolute Gasteiger partial charge is 0.507 e. The zero-order valence-corrected chi connectivity index (χ0v) is 18.6. The van der Waals surface area contributed by atoms with Crippen molar-refractivity contribution in [1.82, 2.24) is 10.2 Å². The maximum atomic E-state index is 12.9. The Morgan fingerprint density at radius 2 is 1.72 bits per heavy atom. The summed E-state index contributed by atoms with van der Waals surface area (Å²) >= 11 is 7.34. The molecule has 10 heteroatoms. The Morgan fingerprint density at radius 1 is 1.06 bits per heavy atom. The first-order valence-corrected chi connectivity index (χ1v) is 10.5. The molecule has 4 rings (SSSR count). The van der Waals surface area contributed by atoms with E-state index in [2.05, 4.69) is 10.2 Å². The molecular weight excluding hydrogens is 454 g/mol. The van der Waals surface area contributed by atoms with Crippen molar-refractivity contribution in [2.45, 2.75) is 19.9 Å². The van der Waals surface area contributed by atoms with Crippen LogP contribution in [0, 0.1) is 6.92 Å². The molecule has 0 aliphatic carbocycles. The number of anilines is 1. The van der Waals surface area contributed by atoms with Gasteiger partial charge in [0, 0.05) is 17.5 Å². The van der Waals surface area contributed by atoms with Crippen LogP contribution in [-0.2, 0) is 14.4 Å². The highest BCUT2D eigenvalue weighted by Gasteiger charge is 2.48. The Bertz CT molecular complexity index is 1210. The van der Waals surface area contributed by atoms with Crippen molar-refractivity contribution in [3.8, 4) is 0 Å². The fourth-order valence-electron chi connectivity index (χ4n) is 3.16. The summed E-state index contributed by atoms with van der Waals surface area (Å²) in [6.07, 6.45) is 0. The number of aliphatic carboxylic acids is 1. The van der Waals surface area contributed by atoms with Gasteiger partial charge in [0.15, 0.2) is 0 Å². The van der Waals surface area contributed by atoms with E-state index in [1.165, 1.54) is 16.2 Å². The van der Waals surface area contributed by atoms with Gasteiger partial charge < -0.3 is 10.2 Å². The van der Waals surface area contributed by atoms with Crippen molar-refractivity contribution in [3.05, 3.63) is 81.3 Å². The Kier molecular flexibility index (Phi) is 7.01. The van der Waals surface area contributed by atoms with Crippen LogP contribution in [-0.4, -0.2) is 38.1 Å². The molecule has 0 spiro atoms. The van der Waals surface area contributed by atoms with E-state index < -0.39 is 23.7 Å². The van der Waals surface area contributed by atoms with Crippen LogP contribution in [0.2, 0.25) is 5.02 Å². The van der Waals surface area contributed by atoms with Gasteiger partial charge >= 0.3 is 5.91 Å². The Labute approximate surface area is 192 Å². The molecule has 1 fully saturated rings. The number of hydrogen-bond donors (Lipinski definition) is 2. The minimum absolute atomic E-state index is 0.00804. The molecule has 0 radical (unpaired) electrons. The highest BCUT2D eigenvalue weighted by molar-refractivity contribution is 7.15. The van der Waals surface area contributed by atoms with Crippen LogP contribution in [0.1, 0.15) is 29.1 Å². The fourth-order valence-corrected chi connectivity index (χ4v) is 4.07. The van der Waals surface area contributed by atoms with Crippen molar-refractivity contribution in [2.75, 3.05) is 4.90 Å². The van der Waals surface area contributed by atoms with Gasteiger partial charge in [-0.3, -0.25) is 19.3 Å². The number of carboxylic acids is 1. The topological polar surface area (TPSA) is 121 Å². The van der Waals surface area contributed by atoms with Gasteiger partial charge in [0.05, 0.1) is 11.6 Å². The van der Waals surface area contributed by atoms with Crippen molar-refractivity contribution >= 4 is 51.5 Å². The van der Waals surface area contributed by atoms with E-state index in [1.807, 2.05) is 0 Å². The number of amides is 1. The lowest BCUT2D eigenvalue weighted by molar-refractivity contribution is -0.134. The predicted molar refractivity (Wildman–Crippen MR) is 121 cm³/mol. The van der Waals surface area contributed by atoms with Crippen molar-refractivity contribution in [2.24, 2.45) is 0 Å². The van der Waals surface area contributed by atoms with Gasteiger partial charge in [-0.15, -0.1) is 10.2 Å². The van der Waals surface area contributed by atoms with Gasteiger partial charge in [0.1, 0.15) is 10.8 Å². The number of halogens is 1. The number of ketones is 1. The lowest BCUT2D eigenvalue weighted by atomic mass is 9.95. The second-order valence-electron chi connectivity index (χ2n) is 6.71. The molecule has 2 heterocycles. The second kappa shape index (κ2) is 9.71. The van der Waals surface area contributed by atoms with Crippen LogP contribution >= 0.6 is 22.9 Å². The Morgan fingerprint density at radius 3 is 2.28 bits per heavy atom. The van der Waals surface area contributed by atoms with Gasteiger partial charge in [-0.2, -0.15) is 0 Å². The minimum atomic E-state index is -0.855. The molecule has 1 unspecified atom stereocenters. The van der Waals surface area contributed by atoms with Crippen molar-refractivity contribution < 1.29 is 24.6 Å². The number of carboxylic acid groups (broad SMARTS) is 1. The number of aliphatic hydroxyl groups excluding tert-OH is 1. The molecule has 2 aromatic carbocycles. The summed E-state index contributed by atoms with van der Waals surface area (Å²) in [6, 6.07) is 14.6. The summed E-state index contributed by atoms with van der Waals surface area (Å²) in [5.74, 6) is -2.62. The number of rotatable bonds is 3. The van der Waals surface area contributed by atoms with E-state index in [0.29, 0.717) is 21.2 Å². The van der Waals surface area contributed by atoms with E-state index in [0.717, 1.165) is 6.92 Å². The van der Waals surface area contributed by atoms with Gasteiger partial charge in [-0.05, 0) is 24.6 Å². The third-order valence-corrected chi connectivity index (χ3v) is 5.45. The zero-order chi connectivity index (χ0) is 23.4. The standard InChI is InChI=1S/C20H14ClN3O3S.C2H4O2/c1-11-22-23-20(28-11)24-16(13-8-5-9-14(21)10-13)15(18(26)19(24)27)17(25)12-6-3-2-4-7-12;1-2(3)4/h2-10,16,25H,1H3;1H3,(H,3,4)/b17-15+;. The molecule has 1 amide bonds. The summed E-state index contributed by atoms with van der Waals surface area (Å²) in [7, 11) is 0. The van der Waals surface area contributed by atoms with Crippen molar-refractivity contribution in [1.29, 1.82) is 0 Å². The lowest BCUT2D eigenvalue weighted by Crippen LogP contribution is -2.29. The third kappa shape index (κ3) is 4.84. The molecule has 1 aliphatic rings. The zero-order valence-electron chi connectivity index (χ0n) is 17.0. The first-order chi connectivity index (χ1) is 15.2. The summed E-state index contributed by atoms with van der Waals surface area (Å²) in [6.45, 7) is 2.84. The molecule has 1 saturated heterocycles. The van der Waals surface area contributed by atoms with E-state index in [4.69, 9.17) is 21.5 Å². The number of hydrogen-bond acceptors (Lipinski definition) is 7. The van der Waals surface area contributed by atoms with E-state index >= 15 is 0 Å².